The van der Waals surface area contributed by atoms with Crippen LogP contribution in [0.3, 0.4) is 0 Å². The minimum atomic E-state index is -3.96. The Bertz CT molecular complexity index is 1100. The Morgan fingerprint density at radius 1 is 1.21 bits per heavy atom. The third-order valence-corrected chi connectivity index (χ3v) is 5.97. The summed E-state index contributed by atoms with van der Waals surface area (Å²) in [5.74, 6) is 0. The summed E-state index contributed by atoms with van der Waals surface area (Å²) in [6.07, 6.45) is 3.17. The van der Waals surface area contributed by atoms with Gasteiger partial charge in [-0.1, -0.05) is 18.2 Å². The third-order valence-electron chi connectivity index (χ3n) is 4.07. The van der Waals surface area contributed by atoms with Gasteiger partial charge in [0, 0.05) is 25.9 Å². The van der Waals surface area contributed by atoms with Gasteiger partial charge in [-0.25, -0.2) is 8.42 Å². The van der Waals surface area contributed by atoms with Gasteiger partial charge in [0.1, 0.15) is 5.69 Å². The van der Waals surface area contributed by atoms with Gasteiger partial charge in [0.15, 0.2) is 0 Å². The molecule has 3 aromatic rings. The molecule has 0 unspecified atom stereocenters. The van der Waals surface area contributed by atoms with E-state index in [-0.39, 0.29) is 22.8 Å². The van der Waals surface area contributed by atoms with E-state index in [1.165, 1.54) is 22.6 Å². The van der Waals surface area contributed by atoms with Gasteiger partial charge in [0.25, 0.3) is 15.7 Å². The Labute approximate surface area is 162 Å². The van der Waals surface area contributed by atoms with Gasteiger partial charge < -0.3 is 5.32 Å². The quantitative estimate of drug-likeness (QED) is 0.480. The molecule has 0 amide bonds. The van der Waals surface area contributed by atoms with E-state index >= 15 is 0 Å². The molecule has 0 radical (unpaired) electrons. The van der Waals surface area contributed by atoms with Crippen molar-refractivity contribution in [2.75, 3.05) is 16.2 Å². The highest BCUT2D eigenvalue weighted by Gasteiger charge is 2.27. The van der Waals surface area contributed by atoms with Crippen LogP contribution in [0.15, 0.2) is 65.8 Å². The molecule has 1 heterocycles. The first-order chi connectivity index (χ1) is 13.3. The monoisotopic (exact) mass is 401 g/mol. The van der Waals surface area contributed by atoms with Crippen molar-refractivity contribution in [1.29, 1.82) is 0 Å². The predicted molar refractivity (Wildman–Crippen MR) is 106 cm³/mol. The standard InChI is InChI=1S/C18H19N5O4S/c1-3-22(15-7-5-4-6-8-15)28(26,27)16-9-10-17(18(11-16)23(24)25)20-14-12-19-21(2)13-14/h4-13,20H,3H2,1-2H3. The fourth-order valence-corrected chi connectivity index (χ4v) is 4.28. The van der Waals surface area contributed by atoms with E-state index in [4.69, 9.17) is 0 Å². The number of hydrogen-bond acceptors (Lipinski definition) is 6. The summed E-state index contributed by atoms with van der Waals surface area (Å²) in [5.41, 5.74) is 0.889. The molecule has 0 aliphatic carbocycles. The molecule has 146 valence electrons. The number of rotatable bonds is 7. The minimum Gasteiger partial charge on any atom is -0.347 e. The van der Waals surface area contributed by atoms with Gasteiger partial charge in [0.05, 0.1) is 27.4 Å². The fourth-order valence-electron chi connectivity index (χ4n) is 2.78. The second kappa shape index (κ2) is 7.69. The number of sulfonamides is 1. The average Bonchev–Trinajstić information content (AvgIpc) is 3.07. The molecule has 0 aliphatic rings. The molecule has 0 saturated heterocycles. The van der Waals surface area contributed by atoms with Gasteiger partial charge in [-0.2, -0.15) is 5.10 Å². The summed E-state index contributed by atoms with van der Waals surface area (Å²) in [5, 5.41) is 18.4. The summed E-state index contributed by atoms with van der Waals surface area (Å²) in [4.78, 5) is 10.8. The lowest BCUT2D eigenvalue weighted by atomic mass is 10.2. The zero-order valence-electron chi connectivity index (χ0n) is 15.3. The number of nitro benzene ring substituents is 1. The first-order valence-corrected chi connectivity index (χ1v) is 9.89. The number of nitro groups is 1. The number of benzene rings is 2. The van der Waals surface area contributed by atoms with Crippen molar-refractivity contribution in [2.45, 2.75) is 11.8 Å². The minimum absolute atomic E-state index is 0.151. The van der Waals surface area contributed by atoms with Crippen molar-refractivity contribution in [3.05, 3.63) is 71.0 Å². The van der Waals surface area contributed by atoms with Gasteiger partial charge in [-0.3, -0.25) is 19.1 Å². The highest BCUT2D eigenvalue weighted by molar-refractivity contribution is 7.92. The summed E-state index contributed by atoms with van der Waals surface area (Å²) in [6.45, 7) is 1.90. The lowest BCUT2D eigenvalue weighted by Crippen LogP contribution is -2.30. The number of aromatic nitrogens is 2. The van der Waals surface area contributed by atoms with Crippen LogP contribution in [0.4, 0.5) is 22.7 Å². The molecular formula is C18H19N5O4S. The normalized spacial score (nSPS) is 11.2. The summed E-state index contributed by atoms with van der Waals surface area (Å²) in [6, 6.07) is 12.4. The molecule has 0 saturated carbocycles. The number of nitrogens with one attached hydrogen (secondary N) is 1. The molecule has 1 aromatic heterocycles. The molecule has 3 rings (SSSR count). The van der Waals surface area contributed by atoms with E-state index in [0.29, 0.717) is 11.4 Å². The van der Waals surface area contributed by atoms with Crippen LogP contribution in [0, 0.1) is 10.1 Å². The first kappa shape index (κ1) is 19.4. The zero-order chi connectivity index (χ0) is 20.3. The molecule has 28 heavy (non-hydrogen) atoms. The van der Waals surface area contributed by atoms with E-state index in [2.05, 4.69) is 10.4 Å². The fraction of sp³-hybridized carbons (Fsp3) is 0.167. The van der Waals surface area contributed by atoms with Crippen molar-refractivity contribution in [1.82, 2.24) is 9.78 Å². The van der Waals surface area contributed by atoms with Gasteiger partial charge in [-0.15, -0.1) is 0 Å². The molecule has 0 fully saturated rings. The van der Waals surface area contributed by atoms with E-state index < -0.39 is 14.9 Å². The number of aryl methyl sites for hydroxylation is 1. The first-order valence-electron chi connectivity index (χ1n) is 8.45. The lowest BCUT2D eigenvalue weighted by molar-refractivity contribution is -0.384. The Hall–Kier alpha value is -3.40. The van der Waals surface area contributed by atoms with Crippen molar-refractivity contribution in [2.24, 2.45) is 7.05 Å². The third kappa shape index (κ3) is 3.81. The molecule has 0 spiro atoms. The van der Waals surface area contributed by atoms with Crippen LogP contribution in [0.2, 0.25) is 0 Å². The Morgan fingerprint density at radius 3 is 2.50 bits per heavy atom. The van der Waals surface area contributed by atoms with Crippen molar-refractivity contribution in [3.63, 3.8) is 0 Å². The van der Waals surface area contributed by atoms with Crippen LogP contribution in [-0.2, 0) is 17.1 Å². The summed E-state index contributed by atoms with van der Waals surface area (Å²) >= 11 is 0. The largest absolute Gasteiger partial charge is 0.347 e. The maximum absolute atomic E-state index is 13.1. The van der Waals surface area contributed by atoms with Gasteiger partial charge in [0.2, 0.25) is 0 Å². The molecular weight excluding hydrogens is 382 g/mol. The molecule has 10 heteroatoms. The highest BCUT2D eigenvalue weighted by atomic mass is 32.2. The summed E-state index contributed by atoms with van der Waals surface area (Å²) in [7, 11) is -2.24. The van der Waals surface area contributed by atoms with E-state index in [1.54, 1.807) is 55.2 Å². The van der Waals surface area contributed by atoms with Crippen molar-refractivity contribution in [3.8, 4) is 0 Å². The molecule has 0 atom stereocenters. The van der Waals surface area contributed by atoms with Crippen molar-refractivity contribution < 1.29 is 13.3 Å². The van der Waals surface area contributed by atoms with E-state index in [9.17, 15) is 18.5 Å². The molecule has 1 N–H and O–H groups in total. The van der Waals surface area contributed by atoms with Crippen LogP contribution >= 0.6 is 0 Å². The van der Waals surface area contributed by atoms with Crippen LogP contribution in [0.25, 0.3) is 0 Å². The number of anilines is 3. The van der Waals surface area contributed by atoms with Gasteiger partial charge >= 0.3 is 0 Å². The predicted octanol–water partition coefficient (Wildman–Crippen LogP) is 3.29. The topological polar surface area (TPSA) is 110 Å². The second-order valence-electron chi connectivity index (χ2n) is 5.97. The molecule has 9 nitrogen and oxygen atoms in total. The molecule has 2 aromatic carbocycles. The average molecular weight is 401 g/mol. The number of hydrogen-bond donors (Lipinski definition) is 1. The van der Waals surface area contributed by atoms with Crippen LogP contribution in [0.5, 0.6) is 0 Å². The Kier molecular flexibility index (Phi) is 5.32. The van der Waals surface area contributed by atoms with Crippen LogP contribution in [-0.4, -0.2) is 29.7 Å². The SMILES string of the molecule is CCN(c1ccccc1)S(=O)(=O)c1ccc(Nc2cnn(C)c2)c([N+](=O)[O-])c1. The Morgan fingerprint density at radius 2 is 1.93 bits per heavy atom. The lowest BCUT2D eigenvalue weighted by Gasteiger charge is -2.23. The van der Waals surface area contributed by atoms with Crippen molar-refractivity contribution >= 4 is 32.8 Å². The second-order valence-corrected chi connectivity index (χ2v) is 7.83. The smallest absolute Gasteiger partial charge is 0.294 e. The highest BCUT2D eigenvalue weighted by Crippen LogP contribution is 2.32. The maximum atomic E-state index is 13.1. The van der Waals surface area contributed by atoms with Crippen LogP contribution in [0.1, 0.15) is 6.92 Å². The maximum Gasteiger partial charge on any atom is 0.294 e. The van der Waals surface area contributed by atoms with Gasteiger partial charge in [-0.05, 0) is 31.2 Å². The Balaban J connectivity index is 2.02. The summed E-state index contributed by atoms with van der Waals surface area (Å²) < 4.78 is 28.9. The van der Waals surface area contributed by atoms with E-state index in [1.807, 2.05) is 0 Å². The van der Waals surface area contributed by atoms with Crippen LogP contribution < -0.4 is 9.62 Å². The molecule has 0 aliphatic heterocycles. The van der Waals surface area contributed by atoms with E-state index in [0.717, 1.165) is 6.07 Å². The number of para-hydroxylation sites is 1. The molecule has 0 bridgehead atoms. The zero-order valence-corrected chi connectivity index (χ0v) is 16.1. The number of nitrogens with zero attached hydrogens (tertiary/aromatic N) is 4.